The minimum atomic E-state index is -4.26. The molecule has 0 unspecified atom stereocenters. The Labute approximate surface area is 115 Å². The lowest BCUT2D eigenvalue weighted by atomic mass is 10.3. The number of alkyl halides is 4. The van der Waals surface area contributed by atoms with Gasteiger partial charge in [0.2, 0.25) is 0 Å². The van der Waals surface area contributed by atoms with Crippen molar-refractivity contribution in [2.75, 3.05) is 5.75 Å². The molecule has 0 spiro atoms. The molecule has 1 aromatic heterocycles. The fourth-order valence-corrected chi connectivity index (χ4v) is 2.47. The van der Waals surface area contributed by atoms with Gasteiger partial charge in [-0.25, -0.2) is 9.37 Å². The minimum Gasteiger partial charge on any atom is -0.326 e. The number of aryl methyl sites for hydroxylation is 1. The molecule has 0 bridgehead atoms. The van der Waals surface area contributed by atoms with Crippen LogP contribution in [0, 0.1) is 5.82 Å². The normalized spacial score (nSPS) is 12.3. The topological polar surface area (TPSA) is 17.8 Å². The molecule has 0 radical (unpaired) electrons. The van der Waals surface area contributed by atoms with Crippen LogP contribution in [0.1, 0.15) is 5.82 Å². The number of hydrogen-bond donors (Lipinski definition) is 0. The van der Waals surface area contributed by atoms with Crippen molar-refractivity contribution < 1.29 is 17.6 Å². The van der Waals surface area contributed by atoms with E-state index in [-0.39, 0.29) is 29.9 Å². The Morgan fingerprint density at radius 1 is 1.32 bits per heavy atom. The van der Waals surface area contributed by atoms with Gasteiger partial charge in [0.25, 0.3) is 0 Å². The molecule has 1 heterocycles. The van der Waals surface area contributed by atoms with Crippen LogP contribution in [0.5, 0.6) is 0 Å². The molecule has 0 aliphatic carbocycles. The Balaban J connectivity index is 2.25. The van der Waals surface area contributed by atoms with E-state index in [1.807, 2.05) is 0 Å². The SMILES string of the molecule is Fc1ccc2c(c1)nc(CCl)n2CCSC(F)(F)F. The van der Waals surface area contributed by atoms with Gasteiger partial charge < -0.3 is 4.57 Å². The molecule has 0 aliphatic heterocycles. The molecule has 0 saturated heterocycles. The second-order valence-electron chi connectivity index (χ2n) is 3.74. The number of fused-ring (bicyclic) bond motifs is 1. The van der Waals surface area contributed by atoms with Crippen molar-refractivity contribution >= 4 is 34.4 Å². The molecule has 2 nitrogen and oxygen atoms in total. The quantitative estimate of drug-likeness (QED) is 0.623. The summed E-state index contributed by atoms with van der Waals surface area (Å²) in [6, 6.07) is 3.97. The molecule has 104 valence electrons. The van der Waals surface area contributed by atoms with Crippen molar-refractivity contribution in [1.29, 1.82) is 0 Å². The van der Waals surface area contributed by atoms with Crippen molar-refractivity contribution in [3.63, 3.8) is 0 Å². The van der Waals surface area contributed by atoms with E-state index in [4.69, 9.17) is 11.6 Å². The van der Waals surface area contributed by atoms with Gasteiger partial charge in [-0.2, -0.15) is 13.2 Å². The molecule has 2 rings (SSSR count). The highest BCUT2D eigenvalue weighted by molar-refractivity contribution is 8.00. The van der Waals surface area contributed by atoms with Crippen molar-refractivity contribution in [2.45, 2.75) is 17.9 Å². The first kappa shape index (κ1) is 14.5. The van der Waals surface area contributed by atoms with Crippen molar-refractivity contribution in [3.05, 3.63) is 29.8 Å². The molecule has 0 saturated carbocycles. The summed E-state index contributed by atoms with van der Waals surface area (Å²) in [5.74, 6) is -0.0866. The summed E-state index contributed by atoms with van der Waals surface area (Å²) in [5.41, 5.74) is -3.28. The van der Waals surface area contributed by atoms with Gasteiger partial charge in [0.1, 0.15) is 11.6 Å². The number of thioether (sulfide) groups is 1. The standard InChI is InChI=1S/C11H9ClF4N2S/c12-6-10-17-8-5-7(13)1-2-9(8)18(10)3-4-19-11(14,15)16/h1-2,5H,3-4,6H2. The molecule has 19 heavy (non-hydrogen) atoms. The van der Waals surface area contributed by atoms with Crippen molar-refractivity contribution in [2.24, 2.45) is 0 Å². The lowest BCUT2D eigenvalue weighted by Crippen LogP contribution is -2.09. The maximum absolute atomic E-state index is 13.1. The van der Waals surface area contributed by atoms with Gasteiger partial charge in [0.15, 0.2) is 0 Å². The van der Waals surface area contributed by atoms with E-state index in [2.05, 4.69) is 4.98 Å². The van der Waals surface area contributed by atoms with Crippen LogP contribution in [-0.2, 0) is 12.4 Å². The number of imidazole rings is 1. The maximum Gasteiger partial charge on any atom is 0.441 e. The highest BCUT2D eigenvalue weighted by atomic mass is 35.5. The number of nitrogens with zero attached hydrogens (tertiary/aromatic N) is 2. The van der Waals surface area contributed by atoms with Gasteiger partial charge in [-0.15, -0.1) is 11.6 Å². The van der Waals surface area contributed by atoms with E-state index in [0.29, 0.717) is 16.9 Å². The van der Waals surface area contributed by atoms with Crippen molar-refractivity contribution in [1.82, 2.24) is 9.55 Å². The highest BCUT2D eigenvalue weighted by Gasteiger charge is 2.27. The maximum atomic E-state index is 13.1. The smallest absolute Gasteiger partial charge is 0.326 e. The first-order chi connectivity index (χ1) is 8.90. The minimum absolute atomic E-state index is 0.0625. The second-order valence-corrected chi connectivity index (χ2v) is 5.17. The summed E-state index contributed by atoms with van der Waals surface area (Å²) in [6.07, 6.45) is 0. The van der Waals surface area contributed by atoms with Crippen LogP contribution in [-0.4, -0.2) is 20.8 Å². The van der Waals surface area contributed by atoms with E-state index in [1.165, 1.54) is 18.2 Å². The first-order valence-corrected chi connectivity index (χ1v) is 6.84. The fourth-order valence-electron chi connectivity index (χ4n) is 1.76. The summed E-state index contributed by atoms with van der Waals surface area (Å²) < 4.78 is 50.9. The third kappa shape index (κ3) is 3.54. The van der Waals surface area contributed by atoms with E-state index in [1.54, 1.807) is 4.57 Å². The zero-order valence-electron chi connectivity index (χ0n) is 9.55. The van der Waals surface area contributed by atoms with E-state index in [0.717, 1.165) is 0 Å². The molecule has 0 aliphatic rings. The Morgan fingerprint density at radius 3 is 2.68 bits per heavy atom. The van der Waals surface area contributed by atoms with Crippen molar-refractivity contribution in [3.8, 4) is 0 Å². The van der Waals surface area contributed by atoms with Crippen LogP contribution >= 0.6 is 23.4 Å². The number of halogens is 5. The molecule has 0 amide bonds. The Bertz CT molecular complexity index is 582. The monoisotopic (exact) mass is 312 g/mol. The van der Waals surface area contributed by atoms with Gasteiger partial charge in [0, 0.05) is 18.4 Å². The average Bonchev–Trinajstić information content (AvgIpc) is 2.65. The highest BCUT2D eigenvalue weighted by Crippen LogP contribution is 2.30. The van der Waals surface area contributed by atoms with Gasteiger partial charge in [-0.05, 0) is 23.9 Å². The summed E-state index contributed by atoms with van der Waals surface area (Å²) in [6.45, 7) is 0.119. The molecule has 1 aromatic carbocycles. The molecule has 2 aromatic rings. The van der Waals surface area contributed by atoms with Gasteiger partial charge in [0.05, 0.1) is 16.9 Å². The molecule has 8 heteroatoms. The Morgan fingerprint density at radius 2 is 2.05 bits per heavy atom. The van der Waals surface area contributed by atoms with Gasteiger partial charge >= 0.3 is 5.51 Å². The predicted molar refractivity (Wildman–Crippen MR) is 67.8 cm³/mol. The van der Waals surface area contributed by atoms with Crippen LogP contribution in [0.25, 0.3) is 11.0 Å². The average molecular weight is 313 g/mol. The van der Waals surface area contributed by atoms with Crippen LogP contribution in [0.2, 0.25) is 0 Å². The lowest BCUT2D eigenvalue weighted by molar-refractivity contribution is -0.0328. The van der Waals surface area contributed by atoms with Crippen LogP contribution in [0.15, 0.2) is 18.2 Å². The Kier molecular flexibility index (Phi) is 4.25. The van der Waals surface area contributed by atoms with Crippen LogP contribution < -0.4 is 0 Å². The van der Waals surface area contributed by atoms with Crippen LogP contribution in [0.4, 0.5) is 17.6 Å². The largest absolute Gasteiger partial charge is 0.441 e. The molecular weight excluding hydrogens is 304 g/mol. The number of rotatable bonds is 4. The summed E-state index contributed by atoms with van der Waals surface area (Å²) in [5, 5.41) is 0. The van der Waals surface area contributed by atoms with Gasteiger partial charge in [-0.1, -0.05) is 0 Å². The third-order valence-corrected chi connectivity index (χ3v) is 3.44. The van der Waals surface area contributed by atoms with E-state index < -0.39 is 11.3 Å². The molecular formula is C11H9ClF4N2S. The fraction of sp³-hybridized carbons (Fsp3) is 0.364. The first-order valence-electron chi connectivity index (χ1n) is 5.32. The number of aromatic nitrogens is 2. The van der Waals surface area contributed by atoms with Gasteiger partial charge in [-0.3, -0.25) is 0 Å². The molecule has 0 N–H and O–H groups in total. The van der Waals surface area contributed by atoms with E-state index in [9.17, 15) is 17.6 Å². The summed E-state index contributed by atoms with van der Waals surface area (Å²) in [7, 11) is 0. The number of hydrogen-bond acceptors (Lipinski definition) is 2. The summed E-state index contributed by atoms with van der Waals surface area (Å²) >= 11 is 5.60. The number of benzene rings is 1. The zero-order valence-corrected chi connectivity index (χ0v) is 11.1. The Hall–Kier alpha value is -0.950. The van der Waals surface area contributed by atoms with E-state index >= 15 is 0 Å². The predicted octanol–water partition coefficient (Wildman–Crippen LogP) is 4.17. The molecule has 0 atom stereocenters. The van der Waals surface area contributed by atoms with Crippen LogP contribution in [0.3, 0.4) is 0 Å². The zero-order chi connectivity index (χ0) is 14.0. The third-order valence-electron chi connectivity index (χ3n) is 2.49. The summed E-state index contributed by atoms with van der Waals surface area (Å²) in [4.78, 5) is 4.11. The lowest BCUT2D eigenvalue weighted by Gasteiger charge is -2.09. The second kappa shape index (κ2) is 5.58. The molecule has 0 fully saturated rings.